The van der Waals surface area contributed by atoms with E-state index in [-0.39, 0.29) is 10.8 Å². The third-order valence-corrected chi connectivity index (χ3v) is 3.84. The van der Waals surface area contributed by atoms with Crippen LogP contribution in [-0.4, -0.2) is 23.8 Å². The Morgan fingerprint density at radius 3 is 2.35 bits per heavy atom. The Morgan fingerprint density at radius 2 is 1.82 bits per heavy atom. The molecule has 1 atom stereocenters. The van der Waals surface area contributed by atoms with Crippen molar-refractivity contribution in [2.75, 3.05) is 7.11 Å². The fourth-order valence-electron chi connectivity index (χ4n) is 2.30. The first-order chi connectivity index (χ1) is 7.62. The van der Waals surface area contributed by atoms with E-state index < -0.39 is 11.6 Å². The van der Waals surface area contributed by atoms with Gasteiger partial charge in [-0.1, -0.05) is 33.6 Å². The summed E-state index contributed by atoms with van der Waals surface area (Å²) in [6.07, 6.45) is 2.53. The number of methoxy groups -OCH3 is 1. The molecule has 1 saturated carbocycles. The molecule has 3 nitrogen and oxygen atoms in total. The highest BCUT2D eigenvalue weighted by atomic mass is 16.5. The minimum atomic E-state index is -1.12. The van der Waals surface area contributed by atoms with Crippen LogP contribution in [-0.2, 0) is 9.53 Å². The second kappa shape index (κ2) is 4.34. The van der Waals surface area contributed by atoms with Gasteiger partial charge in [0.1, 0.15) is 5.60 Å². The molecule has 0 amide bonds. The molecule has 17 heavy (non-hydrogen) atoms. The van der Waals surface area contributed by atoms with Gasteiger partial charge in [-0.2, -0.15) is 0 Å². The molecular formula is C14H22O3. The van der Waals surface area contributed by atoms with E-state index in [1.165, 1.54) is 7.11 Å². The van der Waals surface area contributed by atoms with Crippen LogP contribution in [0.4, 0.5) is 0 Å². The molecule has 96 valence electrons. The van der Waals surface area contributed by atoms with Gasteiger partial charge in [0, 0.05) is 11.3 Å². The number of hydrogen-bond donors (Lipinski definition) is 1. The molecule has 1 aliphatic carbocycles. The number of aliphatic hydroxyl groups is 1. The number of rotatable bonds is 0. The van der Waals surface area contributed by atoms with Crippen molar-refractivity contribution in [3.8, 4) is 11.8 Å². The molecule has 1 rings (SSSR count). The van der Waals surface area contributed by atoms with Crippen molar-refractivity contribution < 1.29 is 14.6 Å². The van der Waals surface area contributed by atoms with E-state index in [1.807, 2.05) is 13.8 Å². The largest absolute Gasteiger partial charge is 0.459 e. The Morgan fingerprint density at radius 1 is 1.24 bits per heavy atom. The summed E-state index contributed by atoms with van der Waals surface area (Å²) in [7, 11) is 1.29. The fourth-order valence-corrected chi connectivity index (χ4v) is 2.30. The van der Waals surface area contributed by atoms with Gasteiger partial charge in [0.25, 0.3) is 0 Å². The molecule has 1 fully saturated rings. The number of esters is 1. The summed E-state index contributed by atoms with van der Waals surface area (Å²) in [5.41, 5.74) is -1.37. The summed E-state index contributed by atoms with van der Waals surface area (Å²) < 4.78 is 4.48. The van der Waals surface area contributed by atoms with Gasteiger partial charge in [-0.25, -0.2) is 4.79 Å². The Kier molecular flexibility index (Phi) is 3.59. The molecule has 0 bridgehead atoms. The van der Waals surface area contributed by atoms with E-state index in [0.717, 1.165) is 12.8 Å². The maximum Gasteiger partial charge on any atom is 0.384 e. The summed E-state index contributed by atoms with van der Waals surface area (Å²) in [5.74, 6) is 4.50. The van der Waals surface area contributed by atoms with E-state index in [9.17, 15) is 9.90 Å². The summed E-state index contributed by atoms with van der Waals surface area (Å²) in [5, 5.41) is 10.7. The summed E-state index contributed by atoms with van der Waals surface area (Å²) in [6.45, 7) is 8.22. The van der Waals surface area contributed by atoms with Crippen LogP contribution in [0, 0.1) is 22.7 Å². The van der Waals surface area contributed by atoms with E-state index >= 15 is 0 Å². The fraction of sp³-hybridized carbons (Fsp3) is 0.786. The Bertz CT molecular complexity index is 371. The van der Waals surface area contributed by atoms with Crippen LogP contribution in [0.5, 0.6) is 0 Å². The molecule has 0 aromatic rings. The molecule has 1 N–H and O–H groups in total. The second-order valence-corrected chi connectivity index (χ2v) is 6.33. The van der Waals surface area contributed by atoms with Crippen molar-refractivity contribution in [2.45, 2.75) is 52.6 Å². The summed E-state index contributed by atoms with van der Waals surface area (Å²) >= 11 is 0. The van der Waals surface area contributed by atoms with Crippen molar-refractivity contribution in [2.24, 2.45) is 10.8 Å². The van der Waals surface area contributed by atoms with Crippen molar-refractivity contribution in [1.29, 1.82) is 0 Å². The molecular weight excluding hydrogens is 216 g/mol. The SMILES string of the molecule is COC(=O)C#CC1(O)CC(C)(C)CCC1(C)C. The predicted octanol–water partition coefficient (Wildman–Crippen LogP) is 2.13. The Hall–Kier alpha value is -1.01. The molecule has 3 heteroatoms. The van der Waals surface area contributed by atoms with Crippen molar-refractivity contribution in [3.05, 3.63) is 0 Å². The van der Waals surface area contributed by atoms with E-state index in [4.69, 9.17) is 0 Å². The average Bonchev–Trinajstić information content (AvgIpc) is 2.21. The van der Waals surface area contributed by atoms with Crippen LogP contribution >= 0.6 is 0 Å². The lowest BCUT2D eigenvalue weighted by Crippen LogP contribution is -2.50. The minimum absolute atomic E-state index is 0.0507. The van der Waals surface area contributed by atoms with E-state index in [1.54, 1.807) is 0 Å². The first-order valence-corrected chi connectivity index (χ1v) is 5.95. The molecule has 0 aromatic heterocycles. The van der Waals surface area contributed by atoms with Crippen LogP contribution in [0.1, 0.15) is 47.0 Å². The van der Waals surface area contributed by atoms with Crippen LogP contribution in [0.2, 0.25) is 0 Å². The maximum atomic E-state index is 11.1. The highest BCUT2D eigenvalue weighted by Gasteiger charge is 2.49. The first-order valence-electron chi connectivity index (χ1n) is 5.95. The maximum absolute atomic E-state index is 11.1. The van der Waals surface area contributed by atoms with Gasteiger partial charge in [-0.3, -0.25) is 0 Å². The standard InChI is InChI=1S/C14H22O3/c1-12(2)8-9-13(3,4)14(16,10-12)7-6-11(15)17-5/h16H,8-10H2,1-5H3. The van der Waals surface area contributed by atoms with Gasteiger partial charge in [0.2, 0.25) is 0 Å². The monoisotopic (exact) mass is 238 g/mol. The van der Waals surface area contributed by atoms with Crippen LogP contribution in [0.15, 0.2) is 0 Å². The Balaban J connectivity index is 3.02. The highest BCUT2D eigenvalue weighted by Crippen LogP contribution is 2.50. The zero-order chi connectivity index (χ0) is 13.3. The van der Waals surface area contributed by atoms with Gasteiger partial charge in [0.15, 0.2) is 0 Å². The summed E-state index contributed by atoms with van der Waals surface area (Å²) in [4.78, 5) is 11.1. The zero-order valence-corrected chi connectivity index (χ0v) is 11.4. The molecule has 0 aromatic carbocycles. The number of hydrogen-bond acceptors (Lipinski definition) is 3. The normalized spacial score (nSPS) is 30.0. The Labute approximate surface area is 104 Å². The molecule has 0 saturated heterocycles. The van der Waals surface area contributed by atoms with Crippen molar-refractivity contribution in [1.82, 2.24) is 0 Å². The van der Waals surface area contributed by atoms with Crippen molar-refractivity contribution in [3.63, 3.8) is 0 Å². The highest BCUT2D eigenvalue weighted by molar-refractivity contribution is 5.88. The lowest BCUT2D eigenvalue weighted by molar-refractivity contribution is -0.134. The lowest BCUT2D eigenvalue weighted by atomic mass is 9.58. The van der Waals surface area contributed by atoms with Gasteiger partial charge < -0.3 is 9.84 Å². The van der Waals surface area contributed by atoms with Gasteiger partial charge in [-0.05, 0) is 24.7 Å². The molecule has 1 aliphatic rings. The lowest BCUT2D eigenvalue weighted by Gasteiger charge is -2.49. The quantitative estimate of drug-likeness (QED) is 0.399. The van der Waals surface area contributed by atoms with Gasteiger partial charge in [0.05, 0.1) is 7.11 Å². The zero-order valence-electron chi connectivity index (χ0n) is 11.4. The molecule has 0 heterocycles. The van der Waals surface area contributed by atoms with Gasteiger partial charge in [-0.15, -0.1) is 0 Å². The third-order valence-electron chi connectivity index (χ3n) is 3.84. The van der Waals surface area contributed by atoms with Crippen LogP contribution in [0.25, 0.3) is 0 Å². The third kappa shape index (κ3) is 3.01. The summed E-state index contributed by atoms with van der Waals surface area (Å²) in [6, 6.07) is 0. The second-order valence-electron chi connectivity index (χ2n) is 6.33. The van der Waals surface area contributed by atoms with Gasteiger partial charge >= 0.3 is 5.97 Å². The molecule has 0 radical (unpaired) electrons. The number of carbonyl (C=O) groups excluding carboxylic acids is 1. The van der Waals surface area contributed by atoms with E-state index in [2.05, 4.69) is 30.4 Å². The number of ether oxygens (including phenoxy) is 1. The molecule has 1 unspecified atom stereocenters. The smallest absolute Gasteiger partial charge is 0.384 e. The van der Waals surface area contributed by atoms with Crippen LogP contribution < -0.4 is 0 Å². The minimum Gasteiger partial charge on any atom is -0.459 e. The van der Waals surface area contributed by atoms with E-state index in [0.29, 0.717) is 6.42 Å². The average molecular weight is 238 g/mol. The number of carbonyl (C=O) groups is 1. The topological polar surface area (TPSA) is 46.5 Å². The van der Waals surface area contributed by atoms with Crippen molar-refractivity contribution >= 4 is 5.97 Å². The predicted molar refractivity (Wildman–Crippen MR) is 66.2 cm³/mol. The molecule has 0 spiro atoms. The first kappa shape index (κ1) is 14.1. The van der Waals surface area contributed by atoms with Crippen LogP contribution in [0.3, 0.4) is 0 Å². The molecule has 0 aliphatic heterocycles.